The minimum atomic E-state index is -0.203. The third-order valence-electron chi connectivity index (χ3n) is 5.17. The zero-order valence-corrected chi connectivity index (χ0v) is 19.1. The molecule has 0 radical (unpaired) electrons. The minimum Gasteiger partial charge on any atom is -0.497 e. The Morgan fingerprint density at radius 3 is 2.61 bits per heavy atom. The van der Waals surface area contributed by atoms with Crippen LogP contribution in [-0.4, -0.2) is 23.9 Å². The summed E-state index contributed by atoms with van der Waals surface area (Å²) in [6.07, 6.45) is 1.56. The molecule has 0 bridgehead atoms. The van der Waals surface area contributed by atoms with Crippen LogP contribution in [0.15, 0.2) is 77.6 Å². The van der Waals surface area contributed by atoms with Gasteiger partial charge < -0.3 is 15.4 Å². The van der Waals surface area contributed by atoms with E-state index in [4.69, 9.17) is 4.74 Å². The molecule has 33 heavy (non-hydrogen) atoms. The molecule has 2 amide bonds. The van der Waals surface area contributed by atoms with Gasteiger partial charge in [0.1, 0.15) is 5.75 Å². The molecule has 0 spiro atoms. The molecule has 0 aliphatic rings. The molecule has 166 valence electrons. The van der Waals surface area contributed by atoms with Gasteiger partial charge in [-0.15, -0.1) is 0 Å². The molecule has 6 nitrogen and oxygen atoms in total. The second kappa shape index (κ2) is 10.1. The highest BCUT2D eigenvalue weighted by atomic mass is 32.1. The molecule has 0 saturated heterocycles. The van der Waals surface area contributed by atoms with Gasteiger partial charge in [-0.2, -0.15) is 11.3 Å². The van der Waals surface area contributed by atoms with Gasteiger partial charge in [0.05, 0.1) is 23.9 Å². The fourth-order valence-corrected chi connectivity index (χ4v) is 3.96. The first-order chi connectivity index (χ1) is 16.0. The van der Waals surface area contributed by atoms with Crippen LogP contribution >= 0.6 is 11.3 Å². The van der Waals surface area contributed by atoms with E-state index in [1.54, 1.807) is 25.4 Å². The van der Waals surface area contributed by atoms with Crippen molar-refractivity contribution in [1.82, 2.24) is 10.3 Å². The van der Waals surface area contributed by atoms with Crippen LogP contribution in [0, 0.1) is 6.92 Å². The number of hydrogen-bond donors (Lipinski definition) is 2. The monoisotopic (exact) mass is 457 g/mol. The fraction of sp³-hybridized carbons (Fsp3) is 0.115. The Hall–Kier alpha value is -3.97. The molecular formula is C26H23N3O3S. The summed E-state index contributed by atoms with van der Waals surface area (Å²) < 4.78 is 5.21. The Kier molecular flexibility index (Phi) is 6.80. The summed E-state index contributed by atoms with van der Waals surface area (Å²) >= 11 is 1.48. The number of aromatic nitrogens is 1. The molecule has 2 aromatic heterocycles. The maximum Gasteiger partial charge on any atom is 0.256 e. The lowest BCUT2D eigenvalue weighted by molar-refractivity contribution is 0.0949. The number of rotatable bonds is 7. The number of nitrogens with zero attached hydrogens (tertiary/aromatic N) is 1. The predicted molar refractivity (Wildman–Crippen MR) is 131 cm³/mol. The first kappa shape index (κ1) is 22.2. The Bertz CT molecular complexity index is 1270. The Labute approximate surface area is 196 Å². The second-order valence-corrected chi connectivity index (χ2v) is 8.24. The molecule has 2 aromatic carbocycles. The van der Waals surface area contributed by atoms with Crippen molar-refractivity contribution in [2.45, 2.75) is 13.5 Å². The van der Waals surface area contributed by atoms with Crippen molar-refractivity contribution in [3.05, 3.63) is 99.9 Å². The van der Waals surface area contributed by atoms with Gasteiger partial charge >= 0.3 is 0 Å². The number of amides is 2. The quantitative estimate of drug-likeness (QED) is 0.394. The van der Waals surface area contributed by atoms with Gasteiger partial charge in [-0.25, -0.2) is 0 Å². The van der Waals surface area contributed by atoms with E-state index in [0.29, 0.717) is 23.4 Å². The predicted octanol–water partition coefficient (Wildman–Crippen LogP) is 5.31. The first-order valence-electron chi connectivity index (χ1n) is 10.4. The van der Waals surface area contributed by atoms with E-state index in [0.717, 1.165) is 28.1 Å². The normalized spacial score (nSPS) is 10.5. The summed E-state index contributed by atoms with van der Waals surface area (Å²) in [6.45, 7) is 2.37. The molecule has 0 aliphatic heterocycles. The van der Waals surface area contributed by atoms with Gasteiger partial charge in [0, 0.05) is 29.4 Å². The van der Waals surface area contributed by atoms with Gasteiger partial charge in [0.25, 0.3) is 11.8 Å². The highest BCUT2D eigenvalue weighted by molar-refractivity contribution is 7.08. The van der Waals surface area contributed by atoms with Crippen LogP contribution < -0.4 is 15.4 Å². The molecule has 0 saturated carbocycles. The minimum absolute atomic E-state index is 0.151. The molecule has 2 N–H and O–H groups in total. The van der Waals surface area contributed by atoms with E-state index in [1.807, 2.05) is 66.2 Å². The van der Waals surface area contributed by atoms with E-state index in [1.165, 1.54) is 11.3 Å². The number of benzene rings is 2. The number of methoxy groups -OCH3 is 1. The van der Waals surface area contributed by atoms with Crippen molar-refractivity contribution >= 4 is 28.8 Å². The molecular weight excluding hydrogens is 434 g/mol. The third-order valence-corrected chi connectivity index (χ3v) is 5.85. The van der Waals surface area contributed by atoms with Crippen molar-refractivity contribution in [2.75, 3.05) is 12.4 Å². The maximum absolute atomic E-state index is 12.5. The molecule has 2 heterocycles. The summed E-state index contributed by atoms with van der Waals surface area (Å²) in [4.78, 5) is 29.4. The van der Waals surface area contributed by atoms with Crippen molar-refractivity contribution < 1.29 is 14.3 Å². The molecule has 0 aliphatic carbocycles. The smallest absolute Gasteiger partial charge is 0.256 e. The number of carbonyl (C=O) groups is 2. The first-order valence-corrected chi connectivity index (χ1v) is 11.3. The molecule has 4 aromatic rings. The molecule has 7 heteroatoms. The fourth-order valence-electron chi connectivity index (χ4n) is 3.33. The zero-order valence-electron chi connectivity index (χ0n) is 18.3. The number of nitrogens with one attached hydrogen (secondary N) is 2. The van der Waals surface area contributed by atoms with Gasteiger partial charge in [0.15, 0.2) is 0 Å². The second-order valence-electron chi connectivity index (χ2n) is 7.46. The highest BCUT2D eigenvalue weighted by Gasteiger charge is 2.11. The summed E-state index contributed by atoms with van der Waals surface area (Å²) in [5.41, 5.74) is 5.37. The number of pyridine rings is 1. The lowest BCUT2D eigenvalue weighted by Gasteiger charge is -2.11. The van der Waals surface area contributed by atoms with Crippen LogP contribution in [0.25, 0.3) is 11.3 Å². The van der Waals surface area contributed by atoms with E-state index in [9.17, 15) is 9.59 Å². The summed E-state index contributed by atoms with van der Waals surface area (Å²) in [5.74, 6) is 0.393. The van der Waals surface area contributed by atoms with Gasteiger partial charge in [-0.05, 0) is 65.9 Å². The number of ether oxygens (including phenoxy) is 1. The lowest BCUT2D eigenvalue weighted by atomic mass is 10.0. The Balaban J connectivity index is 1.44. The van der Waals surface area contributed by atoms with Crippen molar-refractivity contribution in [3.8, 4) is 17.0 Å². The highest BCUT2D eigenvalue weighted by Crippen LogP contribution is 2.26. The number of carbonyl (C=O) groups excluding carboxylic acids is 2. The average molecular weight is 458 g/mol. The SMILES string of the molecule is COc1cccc(CNC(=O)c2ccc(-c3cc(NC(=O)c4ccsc4)ccc3C)nc2)c1. The number of aryl methyl sites for hydroxylation is 1. The van der Waals surface area contributed by atoms with E-state index in [2.05, 4.69) is 15.6 Å². The van der Waals surface area contributed by atoms with Crippen molar-refractivity contribution in [3.63, 3.8) is 0 Å². The third kappa shape index (κ3) is 5.45. The molecule has 0 unspecified atom stereocenters. The molecule has 0 fully saturated rings. The van der Waals surface area contributed by atoms with E-state index < -0.39 is 0 Å². The summed E-state index contributed by atoms with van der Waals surface area (Å²) in [7, 11) is 1.61. The standard InChI is InChI=1S/C26H23N3O3S/c1-17-6-8-21(29-26(31)20-10-11-33-16-20)13-23(17)24-9-7-19(15-27-24)25(30)28-14-18-4-3-5-22(12-18)32-2/h3-13,15-16H,14H2,1-2H3,(H,28,30)(H,29,31). The zero-order chi connectivity index (χ0) is 23.2. The van der Waals surface area contributed by atoms with Crippen LogP contribution in [0.5, 0.6) is 5.75 Å². The summed E-state index contributed by atoms with van der Waals surface area (Å²) in [6, 6.07) is 18.6. The van der Waals surface area contributed by atoms with Gasteiger partial charge in [0.2, 0.25) is 0 Å². The molecule has 4 rings (SSSR count). The number of anilines is 1. The topological polar surface area (TPSA) is 80.3 Å². The largest absolute Gasteiger partial charge is 0.497 e. The average Bonchev–Trinajstić information content (AvgIpc) is 3.39. The lowest BCUT2D eigenvalue weighted by Crippen LogP contribution is -2.22. The van der Waals surface area contributed by atoms with E-state index in [-0.39, 0.29) is 11.8 Å². The number of thiophene rings is 1. The molecule has 0 atom stereocenters. The van der Waals surface area contributed by atoms with Crippen LogP contribution in [0.3, 0.4) is 0 Å². The maximum atomic E-state index is 12.5. The van der Waals surface area contributed by atoms with Crippen LogP contribution in [0.4, 0.5) is 5.69 Å². The van der Waals surface area contributed by atoms with Crippen molar-refractivity contribution in [2.24, 2.45) is 0 Å². The Morgan fingerprint density at radius 2 is 1.88 bits per heavy atom. The van der Waals surface area contributed by atoms with Crippen LogP contribution in [0.2, 0.25) is 0 Å². The van der Waals surface area contributed by atoms with Gasteiger partial charge in [-0.3, -0.25) is 14.6 Å². The van der Waals surface area contributed by atoms with Crippen LogP contribution in [0.1, 0.15) is 31.8 Å². The Morgan fingerprint density at radius 1 is 1.00 bits per heavy atom. The van der Waals surface area contributed by atoms with Crippen molar-refractivity contribution in [1.29, 1.82) is 0 Å². The summed E-state index contributed by atoms with van der Waals surface area (Å²) in [5, 5.41) is 9.50. The van der Waals surface area contributed by atoms with Gasteiger partial charge in [-0.1, -0.05) is 18.2 Å². The van der Waals surface area contributed by atoms with E-state index >= 15 is 0 Å². The number of hydrogen-bond acceptors (Lipinski definition) is 5. The van der Waals surface area contributed by atoms with Crippen LogP contribution in [-0.2, 0) is 6.54 Å².